The van der Waals surface area contributed by atoms with Crippen LogP contribution in [0.15, 0.2) is 28.7 Å². The Balaban J connectivity index is 1.98. The van der Waals surface area contributed by atoms with Crippen molar-refractivity contribution >= 4 is 11.7 Å². The molecule has 0 amide bonds. The highest BCUT2D eigenvalue weighted by molar-refractivity contribution is 5.57. The molecule has 2 rings (SSSR count). The fraction of sp³-hybridized carbons (Fsp3) is 0.467. The molecule has 1 aromatic heterocycles. The van der Waals surface area contributed by atoms with Crippen molar-refractivity contribution in [2.75, 3.05) is 25.6 Å². The summed E-state index contributed by atoms with van der Waals surface area (Å²) < 4.78 is 10.7. The molecular weight excluding hydrogens is 268 g/mol. The van der Waals surface area contributed by atoms with Crippen molar-refractivity contribution in [3.8, 4) is 0 Å². The minimum absolute atomic E-state index is 0.410. The average Bonchev–Trinajstić information content (AvgIpc) is 2.94. The SMILES string of the molecule is CCCNCc1nnc(Nc2ccccc2CCOC)o1. The number of benzene rings is 1. The fourth-order valence-electron chi connectivity index (χ4n) is 1.94. The van der Waals surface area contributed by atoms with Gasteiger partial charge in [0, 0.05) is 12.8 Å². The lowest BCUT2D eigenvalue weighted by Gasteiger charge is -2.08. The highest BCUT2D eigenvalue weighted by atomic mass is 16.5. The number of ether oxygens (including phenoxy) is 1. The molecule has 0 fully saturated rings. The van der Waals surface area contributed by atoms with E-state index in [1.54, 1.807) is 7.11 Å². The molecule has 2 aromatic rings. The highest BCUT2D eigenvalue weighted by Crippen LogP contribution is 2.20. The quantitative estimate of drug-likeness (QED) is 0.691. The zero-order valence-corrected chi connectivity index (χ0v) is 12.6. The third-order valence-electron chi connectivity index (χ3n) is 3.00. The molecule has 1 aromatic carbocycles. The number of nitrogens with zero attached hydrogens (tertiary/aromatic N) is 2. The largest absolute Gasteiger partial charge is 0.406 e. The monoisotopic (exact) mass is 290 g/mol. The van der Waals surface area contributed by atoms with Gasteiger partial charge < -0.3 is 19.8 Å². The van der Waals surface area contributed by atoms with Crippen molar-refractivity contribution in [2.45, 2.75) is 26.3 Å². The van der Waals surface area contributed by atoms with E-state index in [9.17, 15) is 0 Å². The van der Waals surface area contributed by atoms with Gasteiger partial charge in [-0.1, -0.05) is 30.2 Å². The van der Waals surface area contributed by atoms with Crippen molar-refractivity contribution in [3.05, 3.63) is 35.7 Å². The van der Waals surface area contributed by atoms with Crippen molar-refractivity contribution in [3.63, 3.8) is 0 Å². The summed E-state index contributed by atoms with van der Waals surface area (Å²) in [6.07, 6.45) is 1.91. The molecule has 0 aliphatic carbocycles. The van der Waals surface area contributed by atoms with Crippen LogP contribution in [0, 0.1) is 0 Å². The standard InChI is InChI=1S/C15H22N4O2/c1-3-9-16-11-14-18-19-15(21-14)17-13-7-5-4-6-12(13)8-10-20-2/h4-7,16H,3,8-11H2,1-2H3,(H,17,19). The van der Waals surface area contributed by atoms with Gasteiger partial charge in [0.15, 0.2) is 0 Å². The van der Waals surface area contributed by atoms with Crippen LogP contribution in [0.5, 0.6) is 0 Å². The summed E-state index contributed by atoms with van der Waals surface area (Å²) in [7, 11) is 1.70. The van der Waals surface area contributed by atoms with Crippen LogP contribution in [0.2, 0.25) is 0 Å². The van der Waals surface area contributed by atoms with Crippen LogP contribution in [0.1, 0.15) is 24.8 Å². The van der Waals surface area contributed by atoms with Gasteiger partial charge in [0.1, 0.15) is 0 Å². The smallest absolute Gasteiger partial charge is 0.320 e. The third kappa shape index (κ3) is 4.84. The molecular formula is C15H22N4O2. The van der Waals surface area contributed by atoms with E-state index >= 15 is 0 Å². The highest BCUT2D eigenvalue weighted by Gasteiger charge is 2.08. The number of nitrogens with one attached hydrogen (secondary N) is 2. The number of methoxy groups -OCH3 is 1. The minimum atomic E-state index is 0.410. The second-order valence-corrected chi connectivity index (χ2v) is 4.70. The van der Waals surface area contributed by atoms with Crippen LogP contribution >= 0.6 is 0 Å². The molecule has 0 aliphatic rings. The summed E-state index contributed by atoms with van der Waals surface area (Å²) in [6, 6.07) is 8.43. The molecule has 2 N–H and O–H groups in total. The molecule has 0 unspecified atom stereocenters. The molecule has 1 heterocycles. The maximum Gasteiger partial charge on any atom is 0.320 e. The Morgan fingerprint density at radius 2 is 2.10 bits per heavy atom. The summed E-state index contributed by atoms with van der Waals surface area (Å²) in [5, 5.41) is 14.4. The molecule has 0 radical (unpaired) electrons. The Labute approximate surface area is 124 Å². The molecule has 0 bridgehead atoms. The summed E-state index contributed by atoms with van der Waals surface area (Å²) in [5.41, 5.74) is 2.12. The van der Waals surface area contributed by atoms with Gasteiger partial charge in [0.2, 0.25) is 5.89 Å². The van der Waals surface area contributed by atoms with Crippen LogP contribution in [0.25, 0.3) is 0 Å². The molecule has 6 nitrogen and oxygen atoms in total. The van der Waals surface area contributed by atoms with Gasteiger partial charge in [-0.25, -0.2) is 0 Å². The predicted octanol–water partition coefficient (Wildman–Crippen LogP) is 2.50. The van der Waals surface area contributed by atoms with Gasteiger partial charge in [-0.2, -0.15) is 0 Å². The summed E-state index contributed by atoms with van der Waals surface area (Å²) in [6.45, 7) is 4.32. The van der Waals surface area contributed by atoms with Crippen molar-refractivity contribution in [1.82, 2.24) is 15.5 Å². The topological polar surface area (TPSA) is 72.2 Å². The van der Waals surface area contributed by atoms with E-state index in [0.717, 1.165) is 30.6 Å². The Morgan fingerprint density at radius 1 is 1.24 bits per heavy atom. The first-order chi connectivity index (χ1) is 10.3. The molecule has 0 saturated carbocycles. The van der Waals surface area contributed by atoms with Gasteiger partial charge in [-0.3, -0.25) is 0 Å². The summed E-state index contributed by atoms with van der Waals surface area (Å²) in [5.74, 6) is 0.584. The van der Waals surface area contributed by atoms with Crippen LogP contribution in [-0.2, 0) is 17.7 Å². The fourth-order valence-corrected chi connectivity index (χ4v) is 1.94. The average molecular weight is 290 g/mol. The van der Waals surface area contributed by atoms with E-state index in [-0.39, 0.29) is 0 Å². The number of aromatic nitrogens is 2. The van der Waals surface area contributed by atoms with Crippen LogP contribution in [0.4, 0.5) is 11.7 Å². The number of hydrogen-bond acceptors (Lipinski definition) is 6. The molecule has 0 aliphatic heterocycles. The van der Waals surface area contributed by atoms with Crippen molar-refractivity contribution < 1.29 is 9.15 Å². The maximum absolute atomic E-state index is 5.57. The first-order valence-corrected chi connectivity index (χ1v) is 7.20. The number of hydrogen-bond donors (Lipinski definition) is 2. The lowest BCUT2D eigenvalue weighted by molar-refractivity contribution is 0.202. The molecule has 21 heavy (non-hydrogen) atoms. The Bertz CT molecular complexity index is 542. The molecule has 6 heteroatoms. The lowest BCUT2D eigenvalue weighted by Crippen LogP contribution is -2.13. The van der Waals surface area contributed by atoms with E-state index in [4.69, 9.17) is 9.15 Å². The zero-order chi connectivity index (χ0) is 14.9. The summed E-state index contributed by atoms with van der Waals surface area (Å²) in [4.78, 5) is 0. The number of para-hydroxylation sites is 1. The normalized spacial score (nSPS) is 10.8. The second-order valence-electron chi connectivity index (χ2n) is 4.70. The Kier molecular flexibility index (Phi) is 6.18. The predicted molar refractivity (Wildman–Crippen MR) is 81.6 cm³/mol. The van der Waals surface area contributed by atoms with Gasteiger partial charge in [0.05, 0.1) is 13.2 Å². The van der Waals surface area contributed by atoms with E-state index in [2.05, 4.69) is 33.8 Å². The maximum atomic E-state index is 5.57. The Morgan fingerprint density at radius 3 is 2.90 bits per heavy atom. The first kappa shape index (κ1) is 15.5. The van der Waals surface area contributed by atoms with Crippen LogP contribution < -0.4 is 10.6 Å². The Hall–Kier alpha value is -1.92. The molecule has 0 spiro atoms. The number of anilines is 2. The van der Waals surface area contributed by atoms with Gasteiger partial charge in [-0.05, 0) is 31.0 Å². The van der Waals surface area contributed by atoms with Crippen molar-refractivity contribution in [1.29, 1.82) is 0 Å². The van der Waals surface area contributed by atoms with Crippen LogP contribution in [0.3, 0.4) is 0 Å². The minimum Gasteiger partial charge on any atom is -0.406 e. The molecule has 114 valence electrons. The van der Waals surface area contributed by atoms with Gasteiger partial charge >= 0.3 is 6.01 Å². The van der Waals surface area contributed by atoms with E-state index in [1.165, 1.54) is 0 Å². The summed E-state index contributed by atoms with van der Waals surface area (Å²) >= 11 is 0. The second kappa shape index (κ2) is 8.39. The van der Waals surface area contributed by atoms with E-state index in [0.29, 0.717) is 25.1 Å². The van der Waals surface area contributed by atoms with Gasteiger partial charge in [0.25, 0.3) is 0 Å². The number of rotatable bonds is 9. The van der Waals surface area contributed by atoms with Crippen molar-refractivity contribution in [2.24, 2.45) is 0 Å². The van der Waals surface area contributed by atoms with E-state index < -0.39 is 0 Å². The lowest BCUT2D eigenvalue weighted by atomic mass is 10.1. The van der Waals surface area contributed by atoms with Crippen LogP contribution in [-0.4, -0.2) is 30.5 Å². The first-order valence-electron chi connectivity index (χ1n) is 7.20. The third-order valence-corrected chi connectivity index (χ3v) is 3.00. The molecule has 0 saturated heterocycles. The van der Waals surface area contributed by atoms with E-state index in [1.807, 2.05) is 18.2 Å². The molecule has 0 atom stereocenters. The zero-order valence-electron chi connectivity index (χ0n) is 12.6. The van der Waals surface area contributed by atoms with Gasteiger partial charge in [-0.15, -0.1) is 5.10 Å².